The molecule has 0 radical (unpaired) electrons. The summed E-state index contributed by atoms with van der Waals surface area (Å²) in [5, 5.41) is 0. The standard InChI is InChI=1S/C14H13F2N3S/c1-19(8-9-2-4-18-5-3-9)13-11(15)6-10(14(17)20)7-12(13)16/h2-7H,8H2,1H3,(H2,17,20). The molecule has 0 fully saturated rings. The van der Waals surface area contributed by atoms with Crippen LogP contribution in [0.25, 0.3) is 0 Å². The summed E-state index contributed by atoms with van der Waals surface area (Å²) in [7, 11) is 1.61. The van der Waals surface area contributed by atoms with E-state index in [9.17, 15) is 8.78 Å². The van der Waals surface area contributed by atoms with Gasteiger partial charge < -0.3 is 10.6 Å². The lowest BCUT2D eigenvalue weighted by Crippen LogP contribution is -2.20. The van der Waals surface area contributed by atoms with Crippen LogP contribution in [0.2, 0.25) is 0 Å². The fourth-order valence-corrected chi connectivity index (χ4v) is 2.03. The molecule has 3 nitrogen and oxygen atoms in total. The lowest BCUT2D eigenvalue weighted by Gasteiger charge is -2.21. The maximum Gasteiger partial charge on any atom is 0.150 e. The highest BCUT2D eigenvalue weighted by atomic mass is 32.1. The molecule has 0 amide bonds. The van der Waals surface area contributed by atoms with E-state index in [-0.39, 0.29) is 16.2 Å². The molecule has 20 heavy (non-hydrogen) atoms. The van der Waals surface area contributed by atoms with E-state index in [4.69, 9.17) is 18.0 Å². The highest BCUT2D eigenvalue weighted by Crippen LogP contribution is 2.25. The summed E-state index contributed by atoms with van der Waals surface area (Å²) < 4.78 is 28.0. The van der Waals surface area contributed by atoms with Gasteiger partial charge in [0.05, 0.1) is 0 Å². The van der Waals surface area contributed by atoms with Gasteiger partial charge in [-0.25, -0.2) is 8.78 Å². The van der Waals surface area contributed by atoms with Gasteiger partial charge in [-0.15, -0.1) is 0 Å². The number of nitrogens with two attached hydrogens (primary N) is 1. The van der Waals surface area contributed by atoms with E-state index < -0.39 is 11.6 Å². The topological polar surface area (TPSA) is 42.2 Å². The van der Waals surface area contributed by atoms with Gasteiger partial charge in [-0.3, -0.25) is 4.98 Å². The van der Waals surface area contributed by atoms with Crippen LogP contribution in [-0.2, 0) is 6.54 Å². The number of hydrogen-bond acceptors (Lipinski definition) is 3. The quantitative estimate of drug-likeness (QED) is 0.880. The van der Waals surface area contributed by atoms with Gasteiger partial charge in [-0.1, -0.05) is 12.2 Å². The van der Waals surface area contributed by atoms with Crippen LogP contribution < -0.4 is 10.6 Å². The van der Waals surface area contributed by atoms with E-state index in [0.29, 0.717) is 6.54 Å². The summed E-state index contributed by atoms with van der Waals surface area (Å²) in [5.41, 5.74) is 6.35. The van der Waals surface area contributed by atoms with Crippen molar-refractivity contribution in [3.63, 3.8) is 0 Å². The minimum Gasteiger partial charge on any atom is -0.389 e. The Hall–Kier alpha value is -2.08. The fraction of sp³-hybridized carbons (Fsp3) is 0.143. The first kappa shape index (κ1) is 14.3. The molecule has 2 N–H and O–H groups in total. The number of pyridine rings is 1. The zero-order chi connectivity index (χ0) is 14.7. The van der Waals surface area contributed by atoms with Gasteiger partial charge in [0.1, 0.15) is 22.3 Å². The number of aromatic nitrogens is 1. The molecule has 1 heterocycles. The summed E-state index contributed by atoms with van der Waals surface area (Å²) in [4.78, 5) is 5.35. The third-order valence-electron chi connectivity index (χ3n) is 2.85. The van der Waals surface area contributed by atoms with E-state index in [1.165, 1.54) is 4.90 Å². The van der Waals surface area contributed by atoms with Crippen LogP contribution in [-0.4, -0.2) is 17.0 Å². The molecule has 6 heteroatoms. The van der Waals surface area contributed by atoms with Crippen molar-refractivity contribution in [1.29, 1.82) is 0 Å². The summed E-state index contributed by atoms with van der Waals surface area (Å²) in [6.45, 7) is 0.364. The van der Waals surface area contributed by atoms with E-state index >= 15 is 0 Å². The molecule has 0 spiro atoms. The Labute approximate surface area is 121 Å². The molecule has 0 atom stereocenters. The van der Waals surface area contributed by atoms with E-state index in [0.717, 1.165) is 17.7 Å². The Morgan fingerprint density at radius 1 is 1.25 bits per heavy atom. The van der Waals surface area contributed by atoms with Crippen LogP contribution in [0.5, 0.6) is 0 Å². The average molecular weight is 293 g/mol. The summed E-state index contributed by atoms with van der Waals surface area (Å²) >= 11 is 4.72. The third kappa shape index (κ3) is 3.08. The van der Waals surface area contributed by atoms with Crippen molar-refractivity contribution in [2.24, 2.45) is 5.73 Å². The van der Waals surface area contributed by atoms with Crippen molar-refractivity contribution in [2.75, 3.05) is 11.9 Å². The molecule has 2 aromatic rings. The molecule has 0 unspecified atom stereocenters. The minimum atomic E-state index is -0.690. The van der Waals surface area contributed by atoms with Crippen LogP contribution >= 0.6 is 12.2 Å². The molecule has 0 saturated heterocycles. The SMILES string of the molecule is CN(Cc1ccncc1)c1c(F)cc(C(N)=S)cc1F. The highest BCUT2D eigenvalue weighted by Gasteiger charge is 2.16. The molecule has 0 bridgehead atoms. The van der Waals surface area contributed by atoms with Crippen molar-refractivity contribution in [1.82, 2.24) is 4.98 Å². The average Bonchev–Trinajstić information content (AvgIpc) is 2.38. The molecule has 0 aliphatic heterocycles. The van der Waals surface area contributed by atoms with Crippen molar-refractivity contribution >= 4 is 22.9 Å². The first-order valence-corrected chi connectivity index (χ1v) is 6.28. The predicted molar refractivity (Wildman–Crippen MR) is 78.6 cm³/mol. The number of nitrogens with zero attached hydrogens (tertiary/aromatic N) is 2. The van der Waals surface area contributed by atoms with Crippen LogP contribution in [0.1, 0.15) is 11.1 Å². The Morgan fingerprint density at radius 3 is 2.30 bits per heavy atom. The fourth-order valence-electron chi connectivity index (χ4n) is 1.91. The molecular formula is C14H13F2N3S. The maximum absolute atomic E-state index is 14.0. The molecule has 1 aromatic carbocycles. The van der Waals surface area contributed by atoms with Gasteiger partial charge in [0.2, 0.25) is 0 Å². The second kappa shape index (κ2) is 5.92. The van der Waals surface area contributed by atoms with Crippen molar-refractivity contribution in [3.05, 3.63) is 59.4 Å². The summed E-state index contributed by atoms with van der Waals surface area (Å²) in [6.07, 6.45) is 3.26. The van der Waals surface area contributed by atoms with Gasteiger partial charge in [-0.2, -0.15) is 0 Å². The molecule has 0 saturated carbocycles. The van der Waals surface area contributed by atoms with E-state index in [2.05, 4.69) is 4.98 Å². The number of rotatable bonds is 4. The van der Waals surface area contributed by atoms with Gasteiger partial charge in [0.25, 0.3) is 0 Å². The van der Waals surface area contributed by atoms with Crippen LogP contribution in [0, 0.1) is 11.6 Å². The van der Waals surface area contributed by atoms with E-state index in [1.807, 2.05) is 0 Å². The smallest absolute Gasteiger partial charge is 0.150 e. The molecule has 0 aliphatic carbocycles. The van der Waals surface area contributed by atoms with Crippen molar-refractivity contribution in [3.8, 4) is 0 Å². The lowest BCUT2D eigenvalue weighted by molar-refractivity contribution is 0.576. The third-order valence-corrected chi connectivity index (χ3v) is 3.09. The number of anilines is 1. The number of hydrogen-bond donors (Lipinski definition) is 1. The van der Waals surface area contributed by atoms with Crippen molar-refractivity contribution in [2.45, 2.75) is 6.54 Å². The molecule has 1 aromatic heterocycles. The Morgan fingerprint density at radius 2 is 1.80 bits per heavy atom. The Balaban J connectivity index is 2.30. The monoisotopic (exact) mass is 293 g/mol. The molecule has 2 rings (SSSR count). The lowest BCUT2D eigenvalue weighted by atomic mass is 10.1. The first-order chi connectivity index (χ1) is 9.49. The van der Waals surface area contributed by atoms with Gasteiger partial charge >= 0.3 is 0 Å². The zero-order valence-corrected chi connectivity index (χ0v) is 11.6. The number of thiocarbonyl (C=S) groups is 1. The van der Waals surface area contributed by atoms with E-state index in [1.54, 1.807) is 31.6 Å². The normalized spacial score (nSPS) is 10.3. The molecule has 104 valence electrons. The molecule has 0 aliphatic rings. The largest absolute Gasteiger partial charge is 0.389 e. The minimum absolute atomic E-state index is 0.0360. The number of benzene rings is 1. The van der Waals surface area contributed by atoms with Gasteiger partial charge in [0.15, 0.2) is 0 Å². The van der Waals surface area contributed by atoms with Crippen LogP contribution in [0.15, 0.2) is 36.7 Å². The van der Waals surface area contributed by atoms with Gasteiger partial charge in [-0.05, 0) is 29.8 Å². The summed E-state index contributed by atoms with van der Waals surface area (Å²) in [5.74, 6) is -1.38. The molecular weight excluding hydrogens is 280 g/mol. The first-order valence-electron chi connectivity index (χ1n) is 5.88. The number of halogens is 2. The predicted octanol–water partition coefficient (Wildman–Crippen LogP) is 2.63. The Bertz CT molecular complexity index is 609. The second-order valence-corrected chi connectivity index (χ2v) is 4.80. The van der Waals surface area contributed by atoms with Crippen LogP contribution in [0.3, 0.4) is 0 Å². The van der Waals surface area contributed by atoms with Crippen LogP contribution in [0.4, 0.5) is 14.5 Å². The Kier molecular flexibility index (Phi) is 4.24. The maximum atomic E-state index is 14.0. The zero-order valence-electron chi connectivity index (χ0n) is 10.8. The van der Waals surface area contributed by atoms with Gasteiger partial charge in [0, 0.05) is 31.5 Å². The van der Waals surface area contributed by atoms with Crippen molar-refractivity contribution < 1.29 is 8.78 Å². The summed E-state index contributed by atoms with van der Waals surface area (Å²) in [6, 6.07) is 5.86. The second-order valence-electron chi connectivity index (χ2n) is 4.36. The highest BCUT2D eigenvalue weighted by molar-refractivity contribution is 7.80.